The lowest BCUT2D eigenvalue weighted by molar-refractivity contribution is -0.133. The van der Waals surface area contributed by atoms with Crippen LogP contribution in [0.4, 0.5) is 15.3 Å². The van der Waals surface area contributed by atoms with Crippen LogP contribution in [0.25, 0.3) is 0 Å². The van der Waals surface area contributed by atoms with Crippen LogP contribution in [-0.4, -0.2) is 120 Å². The molecule has 19 nitrogen and oxygen atoms in total. The third kappa shape index (κ3) is 29.1. The van der Waals surface area contributed by atoms with Crippen molar-refractivity contribution in [2.75, 3.05) is 57.7 Å². The Morgan fingerprint density at radius 3 is 1.78 bits per heavy atom. The number of unbranched alkanes of at least 4 members (excludes halogenated alkanes) is 2. The Hall–Kier alpha value is -4.95. The number of rotatable bonds is 33. The number of benzene rings is 1. The molecule has 2 radical (unpaired) electrons. The molecule has 0 bridgehead atoms. The molecule has 63 heavy (non-hydrogen) atoms. The lowest BCUT2D eigenvalue weighted by atomic mass is 9.92. The van der Waals surface area contributed by atoms with Crippen molar-refractivity contribution in [3.8, 4) is 0 Å². The van der Waals surface area contributed by atoms with Crippen LogP contribution in [0, 0.1) is 11.3 Å². The lowest BCUT2D eigenvalue weighted by Crippen LogP contribution is -2.57. The summed E-state index contributed by atoms with van der Waals surface area (Å²) in [6.45, 7) is 16.2. The van der Waals surface area contributed by atoms with Gasteiger partial charge in [0, 0.05) is 38.7 Å². The van der Waals surface area contributed by atoms with Gasteiger partial charge < -0.3 is 63.5 Å². The van der Waals surface area contributed by atoms with Gasteiger partial charge in [0.2, 0.25) is 29.5 Å². The Kier molecular flexibility index (Phi) is 29.1. The second-order valence-electron chi connectivity index (χ2n) is 17.1. The fourth-order valence-corrected chi connectivity index (χ4v) is 6.18. The minimum Gasteiger partial charge on any atom is -0.445 e. The highest BCUT2D eigenvalue weighted by molar-refractivity contribution is 6.04. The van der Waals surface area contributed by atoms with Crippen LogP contribution in [0.5, 0.6) is 0 Å². The van der Waals surface area contributed by atoms with Gasteiger partial charge in [0.05, 0.1) is 0 Å². The Morgan fingerprint density at radius 2 is 1.21 bits per heavy atom. The Balaban J connectivity index is 2.53. The van der Waals surface area contributed by atoms with Gasteiger partial charge >= 0.3 is 12.1 Å². The topological polar surface area (TPSA) is 275 Å². The Morgan fingerprint density at radius 1 is 0.651 bits per heavy atom. The predicted molar refractivity (Wildman–Crippen MR) is 245 cm³/mol. The van der Waals surface area contributed by atoms with E-state index in [1.165, 1.54) is 6.92 Å². The number of carbonyl (C=O) groups is 7. The zero-order valence-corrected chi connectivity index (χ0v) is 38.5. The molecule has 12 N–H and O–H groups in total. The average molecular weight is 886 g/mol. The van der Waals surface area contributed by atoms with Crippen molar-refractivity contribution in [2.45, 2.75) is 130 Å². The van der Waals surface area contributed by atoms with E-state index >= 15 is 0 Å². The molecule has 1 aromatic carbocycles. The van der Waals surface area contributed by atoms with E-state index in [1.807, 2.05) is 0 Å². The molecule has 0 spiro atoms. The minimum atomic E-state index is -1.05. The summed E-state index contributed by atoms with van der Waals surface area (Å²) in [4.78, 5) is 87.6. The van der Waals surface area contributed by atoms with Gasteiger partial charge in [-0.2, -0.15) is 0 Å². The normalized spacial score (nSPS) is 12.6. The van der Waals surface area contributed by atoms with Gasteiger partial charge in [-0.3, -0.25) is 24.0 Å². The SMILES string of the molecule is [B]NCCCC[C@H](NC(C)=O)C(=O)NC(C(=O)N[C@@H](CCCNC(N)=O)C(=O)Nc1ccc(COC(=O)NCCCNCCCCNCCCNC(=O)CC(C)(C)C)cc1)C(C)C. The molecule has 8 amide bonds. The number of nitrogens with two attached hydrogens (primary N) is 1. The number of carbonyl (C=O) groups excluding carboxylic acids is 7. The Labute approximate surface area is 375 Å². The molecule has 0 heterocycles. The molecule has 0 aliphatic rings. The number of alkyl carbamates (subject to hydrolysis) is 1. The first-order valence-corrected chi connectivity index (χ1v) is 22.2. The zero-order chi connectivity index (χ0) is 47.0. The largest absolute Gasteiger partial charge is 0.445 e. The van der Waals surface area contributed by atoms with Gasteiger partial charge in [-0.05, 0) is 120 Å². The summed E-state index contributed by atoms with van der Waals surface area (Å²) in [5, 5.41) is 28.4. The summed E-state index contributed by atoms with van der Waals surface area (Å²) in [6, 6.07) is 3.01. The van der Waals surface area contributed by atoms with Gasteiger partial charge in [-0.25, -0.2) is 9.59 Å². The molecular weight excluding hydrogens is 809 g/mol. The van der Waals surface area contributed by atoms with Gasteiger partial charge in [0.15, 0.2) is 7.98 Å². The highest BCUT2D eigenvalue weighted by Crippen LogP contribution is 2.18. The number of nitrogens with one attached hydrogen (secondary N) is 10. The zero-order valence-electron chi connectivity index (χ0n) is 38.5. The summed E-state index contributed by atoms with van der Waals surface area (Å²) in [6.07, 6.45) is 5.73. The maximum absolute atomic E-state index is 13.6. The van der Waals surface area contributed by atoms with Crippen LogP contribution in [0.3, 0.4) is 0 Å². The number of anilines is 1. The molecule has 1 unspecified atom stereocenters. The van der Waals surface area contributed by atoms with E-state index in [4.69, 9.17) is 18.5 Å². The maximum atomic E-state index is 13.6. The van der Waals surface area contributed by atoms with Crippen molar-refractivity contribution in [2.24, 2.45) is 17.1 Å². The van der Waals surface area contributed by atoms with Crippen molar-refractivity contribution in [3.05, 3.63) is 29.8 Å². The monoisotopic (exact) mass is 886 g/mol. The lowest BCUT2D eigenvalue weighted by Gasteiger charge is -2.27. The standard InChI is InChI=1S/C43H76BN11O8/c1-30(2)37(55-39(59)34(52-31(3)56)14-7-8-27-51-44)40(60)54-35(15-11-24-49-41(45)61)38(58)53-33-18-16-32(17-19-33)29-63-42(62)50-26-13-23-47-21-10-9-20-46-22-12-25-48-36(57)28-43(4,5)6/h16-19,30,34-35,37,46-47,51H,7-15,20-29H2,1-6H3,(H,48,57)(H,50,62)(H,52,56)(H,53,58)(H,54,60)(H,55,59)(H3,45,49,61)/t34-,35-,37?/m0/s1. The van der Waals surface area contributed by atoms with Crippen LogP contribution in [0.2, 0.25) is 0 Å². The van der Waals surface area contributed by atoms with Crippen LogP contribution in [-0.2, 0) is 35.3 Å². The Bertz CT molecular complexity index is 1530. The van der Waals surface area contributed by atoms with Crippen LogP contribution in [0.1, 0.15) is 111 Å². The summed E-state index contributed by atoms with van der Waals surface area (Å²) in [5.74, 6) is -2.33. The summed E-state index contributed by atoms with van der Waals surface area (Å²) in [5.41, 5.74) is 6.30. The number of ether oxygens (including phenoxy) is 1. The molecule has 354 valence electrons. The second kappa shape index (κ2) is 32.7. The quantitative estimate of drug-likeness (QED) is 0.0356. The highest BCUT2D eigenvalue weighted by Gasteiger charge is 2.31. The molecule has 3 atom stereocenters. The summed E-state index contributed by atoms with van der Waals surface area (Å²) in [7, 11) is 5.33. The number of urea groups is 1. The fraction of sp³-hybridized carbons (Fsp3) is 0.698. The van der Waals surface area contributed by atoms with E-state index in [0.717, 1.165) is 51.9 Å². The molecule has 0 aliphatic carbocycles. The molecule has 0 aliphatic heterocycles. The smallest absolute Gasteiger partial charge is 0.407 e. The van der Waals surface area contributed by atoms with Crippen molar-refractivity contribution < 1.29 is 38.3 Å². The molecule has 20 heteroatoms. The molecule has 0 fully saturated rings. The molecular formula is C43H76BN11O8. The van der Waals surface area contributed by atoms with Crippen molar-refractivity contribution in [1.29, 1.82) is 0 Å². The minimum absolute atomic E-state index is 0.00464. The average Bonchev–Trinajstić information content (AvgIpc) is 3.20. The fourth-order valence-electron chi connectivity index (χ4n) is 6.18. The van der Waals surface area contributed by atoms with E-state index in [0.29, 0.717) is 63.0 Å². The van der Waals surface area contributed by atoms with E-state index in [-0.39, 0.29) is 36.8 Å². The van der Waals surface area contributed by atoms with E-state index in [2.05, 4.69) is 73.9 Å². The van der Waals surface area contributed by atoms with E-state index in [1.54, 1.807) is 38.1 Å². The van der Waals surface area contributed by atoms with Crippen molar-refractivity contribution >= 4 is 55.3 Å². The number of amides is 8. The third-order valence-corrected chi connectivity index (χ3v) is 9.50. The maximum Gasteiger partial charge on any atom is 0.407 e. The number of hydrogen-bond acceptors (Lipinski definition) is 11. The molecule has 0 saturated carbocycles. The highest BCUT2D eigenvalue weighted by atomic mass is 16.5. The second-order valence-corrected chi connectivity index (χ2v) is 17.1. The molecule has 1 aromatic rings. The predicted octanol–water partition coefficient (Wildman–Crippen LogP) is 1.57. The summed E-state index contributed by atoms with van der Waals surface area (Å²) < 4.78 is 5.34. The van der Waals surface area contributed by atoms with Crippen LogP contribution in [0.15, 0.2) is 24.3 Å². The number of hydrogen-bond donors (Lipinski definition) is 11. The van der Waals surface area contributed by atoms with Crippen LogP contribution < -0.4 is 58.8 Å². The third-order valence-electron chi connectivity index (χ3n) is 9.50. The van der Waals surface area contributed by atoms with Crippen molar-refractivity contribution in [1.82, 2.24) is 47.8 Å². The first kappa shape index (κ1) is 56.1. The van der Waals surface area contributed by atoms with E-state index < -0.39 is 53.9 Å². The van der Waals surface area contributed by atoms with E-state index in [9.17, 15) is 33.6 Å². The summed E-state index contributed by atoms with van der Waals surface area (Å²) >= 11 is 0. The van der Waals surface area contributed by atoms with Gasteiger partial charge in [0.1, 0.15) is 24.7 Å². The van der Waals surface area contributed by atoms with Crippen LogP contribution >= 0.6 is 0 Å². The molecule has 1 rings (SSSR count). The van der Waals surface area contributed by atoms with Gasteiger partial charge in [0.25, 0.3) is 0 Å². The van der Waals surface area contributed by atoms with Gasteiger partial charge in [-0.15, -0.1) is 0 Å². The molecule has 0 aromatic heterocycles. The number of primary amides is 1. The van der Waals surface area contributed by atoms with Crippen molar-refractivity contribution in [3.63, 3.8) is 0 Å². The van der Waals surface area contributed by atoms with Gasteiger partial charge in [-0.1, -0.05) is 46.8 Å². The first-order valence-electron chi connectivity index (χ1n) is 22.2. The molecule has 0 saturated heterocycles. The first-order chi connectivity index (χ1) is 29.9.